The second kappa shape index (κ2) is 14.5. The van der Waals surface area contributed by atoms with Gasteiger partial charge in [0.25, 0.3) is 0 Å². The number of carbonyl (C=O) groups is 5. The fraction of sp³-hybridized carbons (Fsp3) is 0.500. The molecule has 2 atom stereocenters. The minimum absolute atomic E-state index is 0.0475. The topological polar surface area (TPSA) is 189 Å². The summed E-state index contributed by atoms with van der Waals surface area (Å²) in [5.41, 5.74) is 6.48. The number of ether oxygens (including phenoxy) is 1. The Balaban J connectivity index is 2.58. The van der Waals surface area contributed by atoms with E-state index in [1.54, 1.807) is 38.1 Å². The van der Waals surface area contributed by atoms with Gasteiger partial charge in [-0.3, -0.25) is 19.2 Å². The largest absolute Gasteiger partial charge is 0.481 e. The van der Waals surface area contributed by atoms with Crippen molar-refractivity contribution in [1.82, 2.24) is 16.0 Å². The summed E-state index contributed by atoms with van der Waals surface area (Å²) in [5, 5.41) is 18.9. The van der Waals surface area contributed by atoms with Crippen LogP contribution in [0.2, 0.25) is 0 Å². The predicted molar refractivity (Wildman–Crippen MR) is 124 cm³/mol. The van der Waals surface area contributed by atoms with E-state index in [0.29, 0.717) is 24.3 Å². The van der Waals surface area contributed by atoms with Gasteiger partial charge in [0.1, 0.15) is 18.7 Å². The number of amides is 4. The van der Waals surface area contributed by atoms with Crippen molar-refractivity contribution in [2.75, 3.05) is 18.4 Å². The first-order chi connectivity index (χ1) is 16.0. The van der Waals surface area contributed by atoms with Gasteiger partial charge < -0.3 is 36.8 Å². The van der Waals surface area contributed by atoms with Crippen molar-refractivity contribution in [3.05, 3.63) is 29.8 Å². The van der Waals surface area contributed by atoms with E-state index in [4.69, 9.17) is 15.6 Å². The Kier molecular flexibility index (Phi) is 12.1. The quantitative estimate of drug-likeness (QED) is 0.233. The molecule has 12 nitrogen and oxygen atoms in total. The van der Waals surface area contributed by atoms with Crippen molar-refractivity contribution < 1.29 is 33.8 Å². The first-order valence-electron chi connectivity index (χ1n) is 10.9. The number of hydrogen-bond acceptors (Lipinski definition) is 7. The van der Waals surface area contributed by atoms with Crippen molar-refractivity contribution in [2.45, 2.75) is 52.3 Å². The number of nitrogens with two attached hydrogens (primary N) is 1. The van der Waals surface area contributed by atoms with E-state index in [9.17, 15) is 24.0 Å². The number of nitrogens with one attached hydrogen (secondary N) is 4. The SMILES string of the molecule is CC(C)[C@H](NC(=O)CCC(=O)O)C(=O)N[C@@H](C)C(=O)Nc1ccc(COC(=O)NCCN)cc1. The van der Waals surface area contributed by atoms with Crippen LogP contribution in [0.25, 0.3) is 0 Å². The molecule has 0 aliphatic heterocycles. The first-order valence-corrected chi connectivity index (χ1v) is 10.9. The van der Waals surface area contributed by atoms with Gasteiger partial charge in [-0.05, 0) is 30.5 Å². The summed E-state index contributed by atoms with van der Waals surface area (Å²) in [6.07, 6.45) is -1.17. The van der Waals surface area contributed by atoms with Crippen molar-refractivity contribution >= 4 is 35.5 Å². The zero-order valence-electron chi connectivity index (χ0n) is 19.6. The monoisotopic (exact) mass is 479 g/mol. The molecule has 0 aliphatic carbocycles. The molecule has 0 unspecified atom stereocenters. The molecule has 0 aliphatic rings. The van der Waals surface area contributed by atoms with Crippen molar-refractivity contribution in [3.63, 3.8) is 0 Å². The number of alkyl carbamates (subject to hydrolysis) is 1. The third kappa shape index (κ3) is 10.8. The molecular weight excluding hydrogens is 446 g/mol. The van der Waals surface area contributed by atoms with Crippen LogP contribution in [0.4, 0.5) is 10.5 Å². The zero-order valence-corrected chi connectivity index (χ0v) is 19.6. The number of carboxylic acids is 1. The Bertz CT molecular complexity index is 858. The molecule has 0 radical (unpaired) electrons. The van der Waals surface area contributed by atoms with Gasteiger partial charge in [0.2, 0.25) is 17.7 Å². The van der Waals surface area contributed by atoms with Gasteiger partial charge in [0.15, 0.2) is 0 Å². The lowest BCUT2D eigenvalue weighted by molar-refractivity contribution is -0.139. The van der Waals surface area contributed by atoms with E-state index in [-0.39, 0.29) is 25.4 Å². The Labute approximate surface area is 198 Å². The molecule has 0 heterocycles. The maximum atomic E-state index is 12.6. The highest BCUT2D eigenvalue weighted by Crippen LogP contribution is 2.11. The molecule has 1 aromatic carbocycles. The van der Waals surface area contributed by atoms with Gasteiger partial charge in [-0.1, -0.05) is 26.0 Å². The minimum atomic E-state index is -1.11. The van der Waals surface area contributed by atoms with Crippen molar-refractivity contribution in [3.8, 4) is 0 Å². The fourth-order valence-electron chi connectivity index (χ4n) is 2.68. The molecule has 4 amide bonds. The summed E-state index contributed by atoms with van der Waals surface area (Å²) in [6, 6.07) is 4.79. The van der Waals surface area contributed by atoms with Crippen molar-refractivity contribution in [1.29, 1.82) is 0 Å². The number of carboxylic acid groups (broad SMARTS) is 1. The molecule has 1 aromatic rings. The summed E-state index contributed by atoms with van der Waals surface area (Å²) in [6.45, 7) is 5.61. The maximum Gasteiger partial charge on any atom is 0.407 e. The average Bonchev–Trinajstić information content (AvgIpc) is 2.78. The highest BCUT2D eigenvalue weighted by molar-refractivity contribution is 5.98. The second-order valence-corrected chi connectivity index (χ2v) is 7.89. The van der Waals surface area contributed by atoms with Crippen LogP contribution in [0.5, 0.6) is 0 Å². The van der Waals surface area contributed by atoms with Gasteiger partial charge in [0.05, 0.1) is 6.42 Å². The molecule has 188 valence electrons. The number of carbonyl (C=O) groups excluding carboxylic acids is 4. The van der Waals surface area contributed by atoms with Gasteiger partial charge in [-0.15, -0.1) is 0 Å². The summed E-state index contributed by atoms with van der Waals surface area (Å²) in [7, 11) is 0. The summed E-state index contributed by atoms with van der Waals surface area (Å²) < 4.78 is 5.03. The third-order valence-corrected chi connectivity index (χ3v) is 4.59. The first kappa shape index (κ1) is 28.4. The summed E-state index contributed by atoms with van der Waals surface area (Å²) in [4.78, 5) is 59.0. The lowest BCUT2D eigenvalue weighted by Gasteiger charge is -2.23. The smallest absolute Gasteiger partial charge is 0.407 e. The molecule has 0 aromatic heterocycles. The number of rotatable bonds is 13. The molecule has 0 saturated carbocycles. The van der Waals surface area contributed by atoms with Gasteiger partial charge in [0, 0.05) is 25.2 Å². The van der Waals surface area contributed by atoms with E-state index in [1.807, 2.05) is 0 Å². The summed E-state index contributed by atoms with van der Waals surface area (Å²) >= 11 is 0. The third-order valence-electron chi connectivity index (χ3n) is 4.59. The van der Waals surface area contributed by atoms with E-state index in [0.717, 1.165) is 0 Å². The van der Waals surface area contributed by atoms with Crippen molar-refractivity contribution in [2.24, 2.45) is 11.7 Å². The standard InChI is InChI=1S/C22H33N5O7/c1-13(2)19(27-17(28)8-9-18(29)30)21(32)25-14(3)20(31)26-16-6-4-15(5-7-16)12-34-22(33)24-11-10-23/h4-7,13-14,19H,8-12,23H2,1-3H3,(H,24,33)(H,25,32)(H,26,31)(H,27,28)(H,29,30)/t14-,19-/m0/s1. The van der Waals surface area contributed by atoms with Gasteiger partial charge in [-0.25, -0.2) is 4.79 Å². The van der Waals surface area contributed by atoms with Crippen LogP contribution < -0.4 is 27.0 Å². The molecule has 0 spiro atoms. The lowest BCUT2D eigenvalue weighted by atomic mass is 10.0. The van der Waals surface area contributed by atoms with Crippen LogP contribution >= 0.6 is 0 Å². The van der Waals surface area contributed by atoms with Crippen LogP contribution in [0, 0.1) is 5.92 Å². The average molecular weight is 480 g/mol. The second-order valence-electron chi connectivity index (χ2n) is 7.89. The van der Waals surface area contributed by atoms with Gasteiger partial charge >= 0.3 is 12.1 Å². The van der Waals surface area contributed by atoms with Crippen LogP contribution in [-0.2, 0) is 30.5 Å². The normalized spacial score (nSPS) is 12.3. The van der Waals surface area contributed by atoms with Crippen LogP contribution in [0.3, 0.4) is 0 Å². The molecule has 7 N–H and O–H groups in total. The number of benzene rings is 1. The highest BCUT2D eigenvalue weighted by atomic mass is 16.5. The Morgan fingerprint density at radius 3 is 2.18 bits per heavy atom. The maximum absolute atomic E-state index is 12.6. The van der Waals surface area contributed by atoms with E-state index in [1.165, 1.54) is 6.92 Å². The molecule has 0 fully saturated rings. The number of aliphatic carboxylic acids is 1. The lowest BCUT2D eigenvalue weighted by Crippen LogP contribution is -2.53. The van der Waals surface area contributed by atoms with Crippen LogP contribution in [0.1, 0.15) is 39.2 Å². The number of hydrogen-bond donors (Lipinski definition) is 6. The molecule has 0 saturated heterocycles. The highest BCUT2D eigenvalue weighted by Gasteiger charge is 2.27. The minimum Gasteiger partial charge on any atom is -0.481 e. The van der Waals surface area contributed by atoms with Gasteiger partial charge in [-0.2, -0.15) is 0 Å². The Morgan fingerprint density at radius 1 is 0.971 bits per heavy atom. The molecule has 34 heavy (non-hydrogen) atoms. The van der Waals surface area contributed by atoms with Crippen LogP contribution in [0.15, 0.2) is 24.3 Å². The molecule has 12 heteroatoms. The molecular formula is C22H33N5O7. The predicted octanol–water partition coefficient (Wildman–Crippen LogP) is 0.320. The molecule has 1 rings (SSSR count). The Hall–Kier alpha value is -3.67. The molecule has 0 bridgehead atoms. The summed E-state index contributed by atoms with van der Waals surface area (Å²) in [5.74, 6) is -2.98. The Morgan fingerprint density at radius 2 is 1.62 bits per heavy atom. The van der Waals surface area contributed by atoms with E-state index < -0.39 is 41.9 Å². The van der Waals surface area contributed by atoms with E-state index >= 15 is 0 Å². The van der Waals surface area contributed by atoms with E-state index in [2.05, 4.69) is 21.3 Å². The number of anilines is 1. The van der Waals surface area contributed by atoms with Crippen LogP contribution in [-0.4, -0.2) is 60.1 Å². The zero-order chi connectivity index (χ0) is 25.7. The fourth-order valence-corrected chi connectivity index (χ4v) is 2.68.